The second-order valence-corrected chi connectivity index (χ2v) is 7.28. The van der Waals surface area contributed by atoms with Crippen LogP contribution in [0.2, 0.25) is 0 Å². The first-order chi connectivity index (χ1) is 14.0. The van der Waals surface area contributed by atoms with Crippen LogP contribution < -0.4 is 14.4 Å². The highest BCUT2D eigenvalue weighted by molar-refractivity contribution is 6.10. The summed E-state index contributed by atoms with van der Waals surface area (Å²) in [4.78, 5) is 27.2. The molecule has 2 aromatic carbocycles. The lowest BCUT2D eigenvalue weighted by Crippen LogP contribution is -2.42. The number of fused-ring (bicyclic) bond motifs is 2. The average Bonchev–Trinajstić information content (AvgIpc) is 3.27. The summed E-state index contributed by atoms with van der Waals surface area (Å²) in [5.41, 5.74) is 0.116. The van der Waals surface area contributed by atoms with Gasteiger partial charge >= 0.3 is 0 Å². The molecule has 2 heterocycles. The Hall–Kier alpha value is -3.12. The van der Waals surface area contributed by atoms with Crippen molar-refractivity contribution in [3.05, 3.63) is 59.7 Å². The molecule has 6 nitrogen and oxygen atoms in total. The lowest BCUT2D eigenvalue weighted by atomic mass is 9.89. The fourth-order valence-electron chi connectivity index (χ4n) is 3.73. The van der Waals surface area contributed by atoms with E-state index in [4.69, 9.17) is 9.47 Å². The topological polar surface area (TPSA) is 76.1 Å². The zero-order valence-corrected chi connectivity index (χ0v) is 16.3. The molecule has 0 radical (unpaired) electrons. The number of rotatable bonds is 7. The van der Waals surface area contributed by atoms with E-state index in [1.807, 2.05) is 25.1 Å². The van der Waals surface area contributed by atoms with Gasteiger partial charge in [-0.15, -0.1) is 0 Å². The lowest BCUT2D eigenvalue weighted by Gasteiger charge is -2.22. The molecule has 1 amide bonds. The normalized spacial score (nSPS) is 19.8. The van der Waals surface area contributed by atoms with Crippen molar-refractivity contribution in [1.82, 2.24) is 0 Å². The monoisotopic (exact) mass is 393 g/mol. The van der Waals surface area contributed by atoms with Crippen LogP contribution in [0.4, 0.5) is 5.69 Å². The van der Waals surface area contributed by atoms with Crippen LogP contribution in [0.1, 0.15) is 37.3 Å². The van der Waals surface area contributed by atoms with Crippen LogP contribution >= 0.6 is 0 Å². The van der Waals surface area contributed by atoms with Gasteiger partial charge in [-0.2, -0.15) is 0 Å². The Kier molecular flexibility index (Phi) is 5.11. The first-order valence-electron chi connectivity index (χ1n) is 9.77. The maximum absolute atomic E-state index is 13.0. The first-order valence-corrected chi connectivity index (χ1v) is 9.77. The molecule has 0 aromatic heterocycles. The molecule has 0 unspecified atom stereocenters. The van der Waals surface area contributed by atoms with Crippen molar-refractivity contribution in [2.24, 2.45) is 0 Å². The molecule has 29 heavy (non-hydrogen) atoms. The minimum absolute atomic E-state index is 0.185. The van der Waals surface area contributed by atoms with Crippen molar-refractivity contribution in [2.75, 3.05) is 18.2 Å². The predicted octanol–water partition coefficient (Wildman–Crippen LogP) is 3.42. The van der Waals surface area contributed by atoms with Gasteiger partial charge in [0.15, 0.2) is 22.9 Å². The van der Waals surface area contributed by atoms with E-state index in [0.29, 0.717) is 29.3 Å². The van der Waals surface area contributed by atoms with Crippen LogP contribution in [-0.2, 0) is 15.2 Å². The molecule has 2 aromatic rings. The number of unbranched alkanes of at least 4 members (excludes halogenated alkanes) is 1. The molecule has 2 aliphatic rings. The van der Waals surface area contributed by atoms with E-state index in [2.05, 4.69) is 0 Å². The van der Waals surface area contributed by atoms with E-state index in [1.54, 1.807) is 35.2 Å². The zero-order valence-electron chi connectivity index (χ0n) is 16.3. The van der Waals surface area contributed by atoms with Crippen LogP contribution in [0.3, 0.4) is 0 Å². The SMILES string of the molecule is CCCCN1C(=O)[C@@](O)(CC(=O)/C=C/c2ccc3c(c2)OCO3)c2ccccc21. The van der Waals surface area contributed by atoms with Crippen LogP contribution in [0.5, 0.6) is 11.5 Å². The highest BCUT2D eigenvalue weighted by Crippen LogP contribution is 2.42. The molecular formula is C23H23NO5. The Labute approximate surface area is 169 Å². The van der Waals surface area contributed by atoms with Crippen LogP contribution in [0.15, 0.2) is 48.5 Å². The molecule has 4 rings (SSSR count). The first kappa shape index (κ1) is 19.2. The van der Waals surface area contributed by atoms with Gasteiger partial charge in [-0.25, -0.2) is 0 Å². The van der Waals surface area contributed by atoms with E-state index >= 15 is 0 Å². The minimum atomic E-state index is -1.83. The number of hydrogen-bond donors (Lipinski definition) is 1. The summed E-state index contributed by atoms with van der Waals surface area (Å²) in [6.07, 6.45) is 4.50. The number of carbonyl (C=O) groups excluding carboxylic acids is 2. The fraction of sp³-hybridized carbons (Fsp3) is 0.304. The molecule has 6 heteroatoms. The van der Waals surface area contributed by atoms with E-state index in [1.165, 1.54) is 6.08 Å². The third-order valence-corrected chi connectivity index (χ3v) is 5.26. The van der Waals surface area contributed by atoms with Gasteiger partial charge < -0.3 is 19.5 Å². The van der Waals surface area contributed by atoms with Crippen molar-refractivity contribution in [1.29, 1.82) is 0 Å². The van der Waals surface area contributed by atoms with Crippen molar-refractivity contribution >= 4 is 23.5 Å². The van der Waals surface area contributed by atoms with Crippen LogP contribution in [-0.4, -0.2) is 30.1 Å². The van der Waals surface area contributed by atoms with Gasteiger partial charge in [0.05, 0.1) is 12.1 Å². The van der Waals surface area contributed by atoms with Crippen LogP contribution in [0, 0.1) is 0 Å². The smallest absolute Gasteiger partial charge is 0.264 e. The number of carbonyl (C=O) groups is 2. The van der Waals surface area contributed by atoms with Crippen molar-refractivity contribution < 1.29 is 24.2 Å². The lowest BCUT2D eigenvalue weighted by molar-refractivity contribution is -0.140. The zero-order chi connectivity index (χ0) is 20.4. The Morgan fingerprint density at radius 3 is 2.83 bits per heavy atom. The maximum Gasteiger partial charge on any atom is 0.264 e. The molecule has 0 saturated carbocycles. The summed E-state index contributed by atoms with van der Waals surface area (Å²) in [6, 6.07) is 12.5. The quantitative estimate of drug-likeness (QED) is 0.730. The van der Waals surface area contributed by atoms with Gasteiger partial charge in [0.1, 0.15) is 0 Å². The molecule has 0 fully saturated rings. The number of nitrogens with zero attached hydrogens (tertiary/aromatic N) is 1. The third-order valence-electron chi connectivity index (χ3n) is 5.26. The number of amides is 1. The molecule has 0 aliphatic carbocycles. The van der Waals surface area contributed by atoms with E-state index in [-0.39, 0.29) is 19.0 Å². The predicted molar refractivity (Wildman–Crippen MR) is 109 cm³/mol. The standard InChI is InChI=1S/C23H23NO5/c1-2-3-12-24-19-7-5-4-6-18(19)23(27,22(24)26)14-17(25)10-8-16-9-11-20-21(13-16)29-15-28-20/h4-11,13,27H,2-3,12,14-15H2,1H3/b10-8+/t23-/m1/s1. The number of benzene rings is 2. The Morgan fingerprint density at radius 2 is 2.00 bits per heavy atom. The average molecular weight is 393 g/mol. The Bertz CT molecular complexity index is 983. The molecule has 1 N–H and O–H groups in total. The van der Waals surface area contributed by atoms with Gasteiger partial charge in [0.25, 0.3) is 5.91 Å². The van der Waals surface area contributed by atoms with Crippen molar-refractivity contribution in [3.63, 3.8) is 0 Å². The molecular weight excluding hydrogens is 370 g/mol. The molecule has 2 aliphatic heterocycles. The maximum atomic E-state index is 13.0. The van der Waals surface area contributed by atoms with Crippen LogP contribution in [0.25, 0.3) is 6.08 Å². The van der Waals surface area contributed by atoms with Gasteiger partial charge in [-0.1, -0.05) is 43.7 Å². The van der Waals surface area contributed by atoms with E-state index < -0.39 is 11.5 Å². The van der Waals surface area contributed by atoms with Gasteiger partial charge in [0.2, 0.25) is 6.79 Å². The van der Waals surface area contributed by atoms with E-state index in [9.17, 15) is 14.7 Å². The summed E-state index contributed by atoms with van der Waals surface area (Å²) in [5, 5.41) is 11.2. The largest absolute Gasteiger partial charge is 0.454 e. The second kappa shape index (κ2) is 7.72. The molecule has 0 saturated heterocycles. The number of allylic oxidation sites excluding steroid dienone is 1. The highest BCUT2D eigenvalue weighted by atomic mass is 16.7. The molecule has 1 atom stereocenters. The Morgan fingerprint density at radius 1 is 1.21 bits per heavy atom. The number of ether oxygens (including phenoxy) is 2. The summed E-state index contributed by atoms with van der Waals surface area (Å²) < 4.78 is 10.6. The van der Waals surface area contributed by atoms with Gasteiger partial charge in [-0.05, 0) is 36.3 Å². The van der Waals surface area contributed by atoms with E-state index in [0.717, 1.165) is 18.4 Å². The second-order valence-electron chi connectivity index (χ2n) is 7.28. The fourth-order valence-corrected chi connectivity index (χ4v) is 3.73. The molecule has 0 spiro atoms. The van der Waals surface area contributed by atoms with Crippen molar-refractivity contribution in [3.8, 4) is 11.5 Å². The summed E-state index contributed by atoms with van der Waals surface area (Å²) in [7, 11) is 0. The highest BCUT2D eigenvalue weighted by Gasteiger charge is 2.50. The third kappa shape index (κ3) is 3.51. The number of aliphatic hydroxyl groups is 1. The number of hydrogen-bond acceptors (Lipinski definition) is 5. The summed E-state index contributed by atoms with van der Waals surface area (Å²) >= 11 is 0. The summed E-state index contributed by atoms with van der Waals surface area (Å²) in [6.45, 7) is 2.75. The number of ketones is 1. The Balaban J connectivity index is 1.53. The number of anilines is 1. The van der Waals surface area contributed by atoms with Gasteiger partial charge in [-0.3, -0.25) is 9.59 Å². The number of para-hydroxylation sites is 1. The van der Waals surface area contributed by atoms with Crippen molar-refractivity contribution in [2.45, 2.75) is 31.8 Å². The minimum Gasteiger partial charge on any atom is -0.454 e. The molecule has 0 bridgehead atoms. The molecule has 150 valence electrons. The summed E-state index contributed by atoms with van der Waals surface area (Å²) in [5.74, 6) is 0.537. The van der Waals surface area contributed by atoms with Gasteiger partial charge in [0, 0.05) is 12.1 Å².